The van der Waals surface area contributed by atoms with E-state index < -0.39 is 0 Å². The fraction of sp³-hybridized carbons (Fsp3) is 0.292. The molecule has 0 bridgehead atoms. The molecule has 164 valence electrons. The summed E-state index contributed by atoms with van der Waals surface area (Å²) in [7, 11) is 0. The molecule has 0 amide bonds. The van der Waals surface area contributed by atoms with Crippen LogP contribution in [-0.2, 0) is 6.42 Å². The summed E-state index contributed by atoms with van der Waals surface area (Å²) in [4.78, 5) is 0. The Kier molecular flexibility index (Phi) is 6.10. The molecular weight excluding hydrogens is 511 g/mol. The number of aromatic nitrogens is 4. The van der Waals surface area contributed by atoms with Gasteiger partial charge in [0.2, 0.25) is 5.89 Å². The molecule has 32 heavy (non-hydrogen) atoms. The molecule has 0 N–H and O–H groups in total. The zero-order valence-electron chi connectivity index (χ0n) is 17.5. The highest BCUT2D eigenvalue weighted by atomic mass is 79.9. The molecule has 1 aliphatic rings. The minimum atomic E-state index is 0.347. The predicted molar refractivity (Wildman–Crippen MR) is 131 cm³/mol. The Hall–Kier alpha value is -2.15. The molecule has 1 fully saturated rings. The lowest BCUT2D eigenvalue weighted by Gasteiger charge is -2.11. The molecule has 5 rings (SSSR count). The SMILES string of the molecule is CCc1c(-c2nnc(C3CCCC3)o2)nn(-c2ccc(Cl)cc2Cl)c1-c1ccc(Br)cc1. The van der Waals surface area contributed by atoms with Gasteiger partial charge in [0.25, 0.3) is 5.89 Å². The van der Waals surface area contributed by atoms with Gasteiger partial charge in [0.15, 0.2) is 5.69 Å². The van der Waals surface area contributed by atoms with Gasteiger partial charge in [0, 0.05) is 26.5 Å². The molecule has 2 aromatic carbocycles. The van der Waals surface area contributed by atoms with Crippen LogP contribution in [0.15, 0.2) is 51.4 Å². The Morgan fingerprint density at radius 2 is 1.81 bits per heavy atom. The fourth-order valence-electron chi connectivity index (χ4n) is 4.36. The number of halogens is 3. The van der Waals surface area contributed by atoms with Crippen molar-refractivity contribution in [2.24, 2.45) is 0 Å². The Morgan fingerprint density at radius 3 is 2.50 bits per heavy atom. The van der Waals surface area contributed by atoms with Crippen molar-refractivity contribution in [1.29, 1.82) is 0 Å². The number of rotatable bonds is 5. The molecule has 5 nitrogen and oxygen atoms in total. The largest absolute Gasteiger partial charge is 0.419 e. The van der Waals surface area contributed by atoms with Crippen molar-refractivity contribution in [3.8, 4) is 28.5 Å². The van der Waals surface area contributed by atoms with Crippen LogP contribution in [0.1, 0.15) is 50.0 Å². The molecule has 4 aromatic rings. The van der Waals surface area contributed by atoms with Crippen LogP contribution in [0.25, 0.3) is 28.5 Å². The highest BCUT2D eigenvalue weighted by molar-refractivity contribution is 9.10. The van der Waals surface area contributed by atoms with Gasteiger partial charge < -0.3 is 4.42 Å². The second-order valence-electron chi connectivity index (χ2n) is 7.97. The summed E-state index contributed by atoms with van der Waals surface area (Å²) in [6.45, 7) is 2.10. The molecule has 2 heterocycles. The van der Waals surface area contributed by atoms with Crippen molar-refractivity contribution >= 4 is 39.1 Å². The molecule has 0 spiro atoms. The van der Waals surface area contributed by atoms with Gasteiger partial charge in [0.05, 0.1) is 16.4 Å². The highest BCUT2D eigenvalue weighted by Crippen LogP contribution is 2.39. The van der Waals surface area contributed by atoms with E-state index in [1.165, 1.54) is 12.8 Å². The standard InChI is InChI=1S/C24H21BrCl2N4O/c1-2-18-21(24-29-28-23(32-24)15-5-3-4-6-15)30-31(20-12-11-17(26)13-19(20)27)22(18)14-7-9-16(25)10-8-14/h7-13,15H,2-6H2,1H3. The van der Waals surface area contributed by atoms with Crippen molar-refractivity contribution in [1.82, 2.24) is 20.0 Å². The molecule has 1 aliphatic carbocycles. The Balaban J connectivity index is 1.70. The Bertz CT molecular complexity index is 1260. The van der Waals surface area contributed by atoms with Crippen molar-refractivity contribution in [3.63, 3.8) is 0 Å². The first-order chi connectivity index (χ1) is 15.5. The highest BCUT2D eigenvalue weighted by Gasteiger charge is 2.27. The summed E-state index contributed by atoms with van der Waals surface area (Å²) in [6, 6.07) is 13.6. The lowest BCUT2D eigenvalue weighted by molar-refractivity contribution is 0.456. The Morgan fingerprint density at radius 1 is 1.06 bits per heavy atom. The van der Waals surface area contributed by atoms with E-state index in [0.717, 1.165) is 46.2 Å². The first kappa shape index (κ1) is 21.7. The van der Waals surface area contributed by atoms with Gasteiger partial charge in [0.1, 0.15) is 0 Å². The zero-order valence-corrected chi connectivity index (χ0v) is 20.6. The van der Waals surface area contributed by atoms with Gasteiger partial charge in [-0.25, -0.2) is 4.68 Å². The molecule has 0 atom stereocenters. The summed E-state index contributed by atoms with van der Waals surface area (Å²) in [5.74, 6) is 1.51. The number of nitrogens with zero attached hydrogens (tertiary/aromatic N) is 4. The van der Waals surface area contributed by atoms with E-state index in [1.807, 2.05) is 28.9 Å². The molecule has 8 heteroatoms. The third-order valence-corrected chi connectivity index (χ3v) is 7.01. The molecule has 0 unspecified atom stereocenters. The van der Waals surface area contributed by atoms with Crippen molar-refractivity contribution in [2.45, 2.75) is 44.9 Å². The van der Waals surface area contributed by atoms with Crippen LogP contribution in [0.5, 0.6) is 0 Å². The van der Waals surface area contributed by atoms with Crippen LogP contribution in [0, 0.1) is 0 Å². The first-order valence-corrected chi connectivity index (χ1v) is 12.3. The van der Waals surface area contributed by atoms with E-state index in [9.17, 15) is 0 Å². The van der Waals surface area contributed by atoms with Gasteiger partial charge in [-0.1, -0.05) is 71.0 Å². The number of hydrogen-bond acceptors (Lipinski definition) is 4. The van der Waals surface area contributed by atoms with Gasteiger partial charge >= 0.3 is 0 Å². The van der Waals surface area contributed by atoms with E-state index in [1.54, 1.807) is 6.07 Å². The van der Waals surface area contributed by atoms with Crippen LogP contribution in [0.4, 0.5) is 0 Å². The van der Waals surface area contributed by atoms with Crippen LogP contribution in [-0.4, -0.2) is 20.0 Å². The normalized spacial score (nSPS) is 14.4. The van der Waals surface area contributed by atoms with Gasteiger partial charge in [-0.2, -0.15) is 5.10 Å². The van der Waals surface area contributed by atoms with E-state index in [-0.39, 0.29) is 0 Å². The van der Waals surface area contributed by atoms with Gasteiger partial charge in [-0.3, -0.25) is 0 Å². The lowest BCUT2D eigenvalue weighted by atomic mass is 10.0. The molecule has 0 saturated heterocycles. The van der Waals surface area contributed by atoms with Crippen LogP contribution in [0.3, 0.4) is 0 Å². The van der Waals surface area contributed by atoms with Crippen molar-refractivity contribution < 1.29 is 4.42 Å². The summed E-state index contributed by atoms with van der Waals surface area (Å²) < 4.78 is 9.01. The maximum atomic E-state index is 6.59. The second-order valence-corrected chi connectivity index (χ2v) is 9.73. The topological polar surface area (TPSA) is 56.7 Å². The maximum absolute atomic E-state index is 6.59. The second kappa shape index (κ2) is 9.00. The van der Waals surface area contributed by atoms with E-state index >= 15 is 0 Å². The van der Waals surface area contributed by atoms with Gasteiger partial charge in [-0.15, -0.1) is 10.2 Å². The van der Waals surface area contributed by atoms with Crippen LogP contribution in [0.2, 0.25) is 10.0 Å². The summed E-state index contributed by atoms with van der Waals surface area (Å²) in [5.41, 5.74) is 4.42. The molecule has 0 aliphatic heterocycles. The fourth-order valence-corrected chi connectivity index (χ4v) is 5.11. The van der Waals surface area contributed by atoms with E-state index in [2.05, 4.69) is 45.2 Å². The molecule has 1 saturated carbocycles. The average molecular weight is 532 g/mol. The maximum Gasteiger partial charge on any atom is 0.268 e. The first-order valence-electron chi connectivity index (χ1n) is 10.7. The van der Waals surface area contributed by atoms with E-state index in [0.29, 0.717) is 33.4 Å². The van der Waals surface area contributed by atoms with Gasteiger partial charge in [-0.05, 0) is 49.6 Å². The minimum Gasteiger partial charge on any atom is -0.419 e. The average Bonchev–Trinajstić information content (AvgIpc) is 3.53. The molecular formula is C24H21BrCl2N4O. The molecule has 0 radical (unpaired) electrons. The summed E-state index contributed by atoms with van der Waals surface area (Å²) in [6.07, 6.45) is 5.36. The predicted octanol–water partition coefficient (Wildman–Crippen LogP) is 7.88. The lowest BCUT2D eigenvalue weighted by Crippen LogP contribution is -2.01. The van der Waals surface area contributed by atoms with Crippen LogP contribution < -0.4 is 0 Å². The third kappa shape index (κ3) is 4.00. The van der Waals surface area contributed by atoms with Crippen LogP contribution >= 0.6 is 39.1 Å². The third-order valence-electron chi connectivity index (χ3n) is 5.94. The minimum absolute atomic E-state index is 0.347. The van der Waals surface area contributed by atoms with E-state index in [4.69, 9.17) is 32.7 Å². The Labute approximate surface area is 204 Å². The quantitative estimate of drug-likeness (QED) is 0.263. The smallest absolute Gasteiger partial charge is 0.268 e. The van der Waals surface area contributed by atoms with Crippen molar-refractivity contribution in [3.05, 3.63) is 68.4 Å². The summed E-state index contributed by atoms with van der Waals surface area (Å²) >= 11 is 16.3. The number of hydrogen-bond donors (Lipinski definition) is 0. The zero-order chi connectivity index (χ0) is 22.2. The van der Waals surface area contributed by atoms with Crippen molar-refractivity contribution in [2.75, 3.05) is 0 Å². The molecule has 2 aromatic heterocycles. The monoisotopic (exact) mass is 530 g/mol. The number of benzene rings is 2. The summed E-state index contributed by atoms with van der Waals surface area (Å²) in [5, 5.41) is 14.8.